The van der Waals surface area contributed by atoms with Gasteiger partial charge in [-0.15, -0.1) is 0 Å². The van der Waals surface area contributed by atoms with E-state index in [1.165, 1.54) is 0 Å². The van der Waals surface area contributed by atoms with E-state index in [1.807, 2.05) is 42.2 Å². The maximum atomic E-state index is 12.5. The number of hydrogen-bond donors (Lipinski definition) is 0. The molecule has 1 saturated heterocycles. The Balaban J connectivity index is 1.28. The summed E-state index contributed by atoms with van der Waals surface area (Å²) >= 11 is 5.86. The molecule has 156 valence electrons. The van der Waals surface area contributed by atoms with Gasteiger partial charge in [-0.2, -0.15) is 4.98 Å². The zero-order valence-electron chi connectivity index (χ0n) is 16.7. The Labute approximate surface area is 180 Å². The van der Waals surface area contributed by atoms with Crippen LogP contribution in [0.3, 0.4) is 0 Å². The summed E-state index contributed by atoms with van der Waals surface area (Å²) < 4.78 is 11.1. The molecule has 1 fully saturated rings. The van der Waals surface area contributed by atoms with Crippen molar-refractivity contribution in [3.05, 3.63) is 65.5 Å². The summed E-state index contributed by atoms with van der Waals surface area (Å²) in [4.78, 5) is 21.1. The van der Waals surface area contributed by atoms with Gasteiger partial charge in [-0.3, -0.25) is 9.69 Å². The highest BCUT2D eigenvalue weighted by atomic mass is 35.5. The van der Waals surface area contributed by atoms with E-state index in [0.717, 1.165) is 18.7 Å². The molecule has 30 heavy (non-hydrogen) atoms. The molecule has 0 saturated carbocycles. The van der Waals surface area contributed by atoms with Crippen molar-refractivity contribution in [1.82, 2.24) is 19.9 Å². The number of carbonyl (C=O) groups is 1. The standard InChI is InChI=1S/C22H23ClN4O3/c1-16(22-24-21(25-30-22)17-5-3-2-4-6-17)26-11-13-27(14-12-26)20(28)15-29-19-9-7-18(23)8-10-19/h2-10,16H,11-15H2,1H3/t16-/m0/s1. The number of hydrogen-bond acceptors (Lipinski definition) is 6. The molecule has 0 bridgehead atoms. The van der Waals surface area contributed by atoms with Crippen molar-refractivity contribution in [2.24, 2.45) is 0 Å². The van der Waals surface area contributed by atoms with Gasteiger partial charge in [0, 0.05) is 36.8 Å². The molecule has 0 unspecified atom stereocenters. The molecule has 1 aliphatic rings. The van der Waals surface area contributed by atoms with E-state index >= 15 is 0 Å². The van der Waals surface area contributed by atoms with Gasteiger partial charge in [0.2, 0.25) is 11.7 Å². The van der Waals surface area contributed by atoms with Gasteiger partial charge in [-0.1, -0.05) is 47.1 Å². The Kier molecular flexibility index (Phi) is 6.30. The monoisotopic (exact) mass is 426 g/mol. The Hall–Kier alpha value is -2.90. The third kappa shape index (κ3) is 4.80. The SMILES string of the molecule is C[C@@H](c1nc(-c2ccccc2)no1)N1CCN(C(=O)COc2ccc(Cl)cc2)CC1. The number of carbonyl (C=O) groups excluding carboxylic acids is 1. The van der Waals surface area contributed by atoms with Gasteiger partial charge in [0.1, 0.15) is 5.75 Å². The fraction of sp³-hybridized carbons (Fsp3) is 0.318. The molecule has 4 rings (SSSR count). The number of nitrogens with zero attached hydrogens (tertiary/aromatic N) is 4. The first-order chi connectivity index (χ1) is 14.6. The smallest absolute Gasteiger partial charge is 0.260 e. The van der Waals surface area contributed by atoms with Crippen LogP contribution >= 0.6 is 11.6 Å². The minimum Gasteiger partial charge on any atom is -0.484 e. The van der Waals surface area contributed by atoms with Gasteiger partial charge in [0.25, 0.3) is 5.91 Å². The molecular weight excluding hydrogens is 404 g/mol. The van der Waals surface area contributed by atoms with Crippen LogP contribution in [0.4, 0.5) is 0 Å². The number of benzene rings is 2. The summed E-state index contributed by atoms with van der Waals surface area (Å²) in [7, 11) is 0. The summed E-state index contributed by atoms with van der Waals surface area (Å²) in [6, 6.07) is 16.7. The lowest BCUT2D eigenvalue weighted by Crippen LogP contribution is -2.50. The molecule has 1 amide bonds. The topological polar surface area (TPSA) is 71.7 Å². The first-order valence-electron chi connectivity index (χ1n) is 9.89. The fourth-order valence-electron chi connectivity index (χ4n) is 3.39. The second kappa shape index (κ2) is 9.28. The quantitative estimate of drug-likeness (QED) is 0.598. The molecule has 8 heteroatoms. The van der Waals surface area contributed by atoms with Crippen LogP contribution in [0.2, 0.25) is 5.02 Å². The molecule has 3 aromatic rings. The van der Waals surface area contributed by atoms with Crippen molar-refractivity contribution in [3.8, 4) is 17.1 Å². The Morgan fingerprint density at radius 1 is 1.10 bits per heavy atom. The van der Waals surface area contributed by atoms with Crippen molar-refractivity contribution in [1.29, 1.82) is 0 Å². The molecule has 0 spiro atoms. The highest BCUT2D eigenvalue weighted by molar-refractivity contribution is 6.30. The Morgan fingerprint density at radius 2 is 1.80 bits per heavy atom. The van der Waals surface area contributed by atoms with Crippen LogP contribution in [0.5, 0.6) is 5.75 Å². The molecule has 2 heterocycles. The first-order valence-corrected chi connectivity index (χ1v) is 10.3. The van der Waals surface area contributed by atoms with Gasteiger partial charge in [-0.05, 0) is 31.2 Å². The summed E-state index contributed by atoms with van der Waals surface area (Å²) in [6.07, 6.45) is 0. The second-order valence-corrected chi connectivity index (χ2v) is 7.59. The van der Waals surface area contributed by atoms with Crippen molar-refractivity contribution >= 4 is 17.5 Å². The Bertz CT molecular complexity index is 970. The van der Waals surface area contributed by atoms with E-state index in [0.29, 0.717) is 35.6 Å². The average Bonchev–Trinajstić information content (AvgIpc) is 3.29. The fourth-order valence-corrected chi connectivity index (χ4v) is 3.52. The van der Waals surface area contributed by atoms with E-state index in [2.05, 4.69) is 15.0 Å². The lowest BCUT2D eigenvalue weighted by Gasteiger charge is -2.36. The number of ether oxygens (including phenoxy) is 1. The van der Waals surface area contributed by atoms with Gasteiger partial charge in [0.15, 0.2) is 6.61 Å². The first kappa shape index (κ1) is 20.4. The number of halogens is 1. The molecule has 0 N–H and O–H groups in total. The zero-order valence-corrected chi connectivity index (χ0v) is 17.5. The summed E-state index contributed by atoms with van der Waals surface area (Å²) in [6.45, 7) is 4.79. The minimum absolute atomic E-state index is 0.0152. The average molecular weight is 427 g/mol. The summed E-state index contributed by atoms with van der Waals surface area (Å²) in [5.41, 5.74) is 0.927. The number of piperazine rings is 1. The lowest BCUT2D eigenvalue weighted by molar-refractivity contribution is -0.135. The molecular formula is C22H23ClN4O3. The van der Waals surface area contributed by atoms with E-state index in [9.17, 15) is 4.79 Å². The predicted octanol–water partition coefficient (Wildman–Crippen LogP) is 3.67. The highest BCUT2D eigenvalue weighted by Crippen LogP contribution is 2.23. The van der Waals surface area contributed by atoms with Gasteiger partial charge >= 0.3 is 0 Å². The number of aromatic nitrogens is 2. The van der Waals surface area contributed by atoms with Gasteiger partial charge in [0.05, 0.1) is 6.04 Å². The maximum Gasteiger partial charge on any atom is 0.260 e. The van der Waals surface area contributed by atoms with Crippen LogP contribution in [-0.2, 0) is 4.79 Å². The van der Waals surface area contributed by atoms with E-state index in [4.69, 9.17) is 20.9 Å². The van der Waals surface area contributed by atoms with Crippen LogP contribution in [-0.4, -0.2) is 58.6 Å². The lowest BCUT2D eigenvalue weighted by atomic mass is 10.2. The Morgan fingerprint density at radius 3 is 2.50 bits per heavy atom. The van der Waals surface area contributed by atoms with E-state index < -0.39 is 0 Å². The molecule has 7 nitrogen and oxygen atoms in total. The van der Waals surface area contributed by atoms with Crippen LogP contribution in [0.1, 0.15) is 18.9 Å². The van der Waals surface area contributed by atoms with E-state index in [1.54, 1.807) is 24.3 Å². The largest absolute Gasteiger partial charge is 0.484 e. The second-order valence-electron chi connectivity index (χ2n) is 7.16. The third-order valence-electron chi connectivity index (χ3n) is 5.22. The van der Waals surface area contributed by atoms with Crippen molar-refractivity contribution in [2.45, 2.75) is 13.0 Å². The van der Waals surface area contributed by atoms with E-state index in [-0.39, 0.29) is 18.6 Å². The molecule has 0 aliphatic carbocycles. The van der Waals surface area contributed by atoms with Gasteiger partial charge < -0.3 is 14.2 Å². The number of amides is 1. The highest BCUT2D eigenvalue weighted by Gasteiger charge is 2.28. The summed E-state index contributed by atoms with van der Waals surface area (Å²) in [5.74, 6) is 1.78. The van der Waals surface area contributed by atoms with Crippen LogP contribution in [0, 0.1) is 0 Å². The minimum atomic E-state index is -0.0265. The summed E-state index contributed by atoms with van der Waals surface area (Å²) in [5, 5.41) is 4.74. The third-order valence-corrected chi connectivity index (χ3v) is 5.47. The molecule has 1 aromatic heterocycles. The zero-order chi connectivity index (χ0) is 20.9. The number of rotatable bonds is 6. The predicted molar refractivity (Wildman–Crippen MR) is 113 cm³/mol. The molecule has 2 aromatic carbocycles. The van der Waals surface area contributed by atoms with Crippen molar-refractivity contribution in [3.63, 3.8) is 0 Å². The maximum absolute atomic E-state index is 12.5. The molecule has 0 radical (unpaired) electrons. The van der Waals surface area contributed by atoms with Crippen molar-refractivity contribution in [2.75, 3.05) is 32.8 Å². The van der Waals surface area contributed by atoms with Crippen LogP contribution < -0.4 is 4.74 Å². The molecule has 1 atom stereocenters. The van der Waals surface area contributed by atoms with Crippen LogP contribution in [0.15, 0.2) is 59.1 Å². The van der Waals surface area contributed by atoms with Crippen molar-refractivity contribution < 1.29 is 14.1 Å². The van der Waals surface area contributed by atoms with Gasteiger partial charge in [-0.25, -0.2) is 0 Å². The normalized spacial score (nSPS) is 15.7. The van der Waals surface area contributed by atoms with Crippen LogP contribution in [0.25, 0.3) is 11.4 Å². The molecule has 1 aliphatic heterocycles.